The number of aryl methyl sites for hydroxylation is 2. The molecule has 5 nitrogen and oxygen atoms in total. The van der Waals surface area contributed by atoms with Crippen molar-refractivity contribution in [1.82, 2.24) is 0 Å². The Morgan fingerprint density at radius 1 is 0.600 bits per heavy atom. The largest absolute Gasteiger partial charge is 0.493 e. The summed E-state index contributed by atoms with van der Waals surface area (Å²) in [5, 5.41) is -0.201. The van der Waals surface area contributed by atoms with Crippen molar-refractivity contribution in [1.29, 1.82) is 0 Å². The van der Waals surface area contributed by atoms with Gasteiger partial charge in [0.05, 0.1) is 13.2 Å². The van der Waals surface area contributed by atoms with E-state index < -0.39 is 16.6 Å². The monoisotopic (exact) mass is 782 g/mol. The molecule has 4 fully saturated rings. The highest BCUT2D eigenvalue weighted by molar-refractivity contribution is 6.87. The second kappa shape index (κ2) is 13.7. The van der Waals surface area contributed by atoms with Crippen molar-refractivity contribution in [2.75, 3.05) is 13.2 Å². The first-order valence-corrected chi connectivity index (χ1v) is 27.9. The molecule has 6 aliphatic carbocycles. The third-order valence-electron chi connectivity index (χ3n) is 17.8. The zero-order valence-electron chi connectivity index (χ0n) is 35.9. The summed E-state index contributed by atoms with van der Waals surface area (Å²) in [6.45, 7) is 24.7. The van der Waals surface area contributed by atoms with Gasteiger partial charge in [0, 0.05) is 33.7 Å². The Labute approximate surface area is 334 Å². The molecule has 4 saturated carbocycles. The molecule has 6 unspecified atom stereocenters. The van der Waals surface area contributed by atoms with Crippen LogP contribution in [-0.4, -0.2) is 41.4 Å². The average Bonchev–Trinajstić information content (AvgIpc) is 3.62. The average molecular weight is 783 g/mol. The van der Waals surface area contributed by atoms with Crippen LogP contribution in [0.5, 0.6) is 11.5 Å². The minimum Gasteiger partial charge on any atom is -0.493 e. The van der Waals surface area contributed by atoms with E-state index in [1.165, 1.54) is 35.1 Å². The summed E-state index contributed by atoms with van der Waals surface area (Å²) < 4.78 is 20.7. The van der Waals surface area contributed by atoms with Crippen molar-refractivity contribution in [2.24, 2.45) is 34.5 Å². The number of hydrogen-bond acceptors (Lipinski definition) is 5. The molecule has 0 aromatic heterocycles. The molecule has 8 atom stereocenters. The van der Waals surface area contributed by atoms with Crippen molar-refractivity contribution >= 4 is 28.2 Å². The summed E-state index contributed by atoms with van der Waals surface area (Å²) in [6.07, 6.45) is 12.7. The van der Waals surface area contributed by atoms with Gasteiger partial charge in [-0.25, -0.2) is 0 Å². The number of fused-ring (bicyclic) bond motifs is 10. The van der Waals surface area contributed by atoms with Crippen molar-refractivity contribution in [3.63, 3.8) is 0 Å². The van der Waals surface area contributed by atoms with Gasteiger partial charge in [0.2, 0.25) is 0 Å². The van der Waals surface area contributed by atoms with E-state index in [0.29, 0.717) is 60.3 Å². The Morgan fingerprint density at radius 2 is 1.00 bits per heavy atom. The van der Waals surface area contributed by atoms with Gasteiger partial charge in [-0.05, 0) is 172 Å². The molecule has 0 radical (unpaired) electrons. The third kappa shape index (κ3) is 6.57. The maximum absolute atomic E-state index is 12.8. The molecule has 2 aromatic rings. The molecule has 0 aliphatic heterocycles. The van der Waals surface area contributed by atoms with Crippen LogP contribution in [0.3, 0.4) is 0 Å². The standard InChI is InChI=1S/C48H70O5Si2/c1-45(2,29-51-33-13-17-35-31(27-33)11-15-39-37(35)23-25-47(5)41(39)19-21-43(47)49)54(7,8)53-55(9,10)46(3,4)30-52-34-14-18-36-32(28-34)12-16-40-38(36)24-26-48(6)42(40)20-22-44(48)50/h13-14,17-18,27-28,37-42H,11-12,15-16,19-26,29-30H2,1-10H3/t37?,38?,39?,40?,41?,42?,47-,48-/m0/s1. The molecule has 0 heterocycles. The minimum absolute atomic E-state index is 0.0731. The lowest BCUT2D eigenvalue weighted by atomic mass is 9.55. The van der Waals surface area contributed by atoms with E-state index in [1.54, 1.807) is 0 Å². The summed E-state index contributed by atoms with van der Waals surface area (Å²) in [5.74, 6) is 6.60. The van der Waals surface area contributed by atoms with Gasteiger partial charge in [0.25, 0.3) is 0 Å². The highest BCUT2D eigenvalue weighted by atomic mass is 28.4. The molecule has 2 aromatic carbocycles. The zero-order valence-corrected chi connectivity index (χ0v) is 37.9. The van der Waals surface area contributed by atoms with Gasteiger partial charge in [-0.15, -0.1) is 0 Å². The van der Waals surface area contributed by atoms with Gasteiger partial charge in [0.1, 0.15) is 23.1 Å². The smallest absolute Gasteiger partial charge is 0.182 e. The van der Waals surface area contributed by atoms with Crippen LogP contribution in [-0.2, 0) is 26.5 Å². The van der Waals surface area contributed by atoms with E-state index in [9.17, 15) is 9.59 Å². The highest BCUT2D eigenvalue weighted by Crippen LogP contribution is 2.61. The molecule has 0 amide bonds. The Bertz CT molecular complexity index is 1710. The maximum atomic E-state index is 12.8. The summed E-state index contributed by atoms with van der Waals surface area (Å²) >= 11 is 0. The fourth-order valence-electron chi connectivity index (χ4n) is 12.6. The number of rotatable bonds is 10. The van der Waals surface area contributed by atoms with Crippen LogP contribution in [0.1, 0.15) is 140 Å². The van der Waals surface area contributed by atoms with Gasteiger partial charge in [-0.3, -0.25) is 9.59 Å². The van der Waals surface area contributed by atoms with Gasteiger partial charge < -0.3 is 13.6 Å². The van der Waals surface area contributed by atoms with E-state index in [-0.39, 0.29) is 20.9 Å². The predicted octanol–water partition coefficient (Wildman–Crippen LogP) is 12.0. The van der Waals surface area contributed by atoms with Crippen molar-refractivity contribution < 1.29 is 23.2 Å². The normalized spacial score (nSPS) is 33.2. The lowest BCUT2D eigenvalue weighted by molar-refractivity contribution is -0.130. The number of benzene rings is 2. The second-order valence-corrected chi connectivity index (χ2v) is 31.4. The van der Waals surface area contributed by atoms with E-state index in [0.717, 1.165) is 75.7 Å². The van der Waals surface area contributed by atoms with Gasteiger partial charge in [0.15, 0.2) is 16.6 Å². The number of hydrogen-bond donors (Lipinski definition) is 0. The van der Waals surface area contributed by atoms with Gasteiger partial charge in [-0.1, -0.05) is 53.7 Å². The molecular formula is C48H70O5Si2. The second-order valence-electron chi connectivity index (χ2n) is 21.9. The molecule has 0 N–H and O–H groups in total. The molecule has 0 spiro atoms. The topological polar surface area (TPSA) is 61.8 Å². The fraction of sp³-hybridized carbons (Fsp3) is 0.708. The lowest BCUT2D eigenvalue weighted by Crippen LogP contribution is -2.57. The molecule has 8 rings (SSSR count). The van der Waals surface area contributed by atoms with Crippen LogP contribution in [0.25, 0.3) is 0 Å². The minimum atomic E-state index is -2.24. The van der Waals surface area contributed by atoms with Crippen molar-refractivity contribution in [2.45, 2.75) is 167 Å². The summed E-state index contributed by atoms with van der Waals surface area (Å²) in [6, 6.07) is 13.8. The van der Waals surface area contributed by atoms with E-state index in [4.69, 9.17) is 13.6 Å². The maximum Gasteiger partial charge on any atom is 0.182 e. The molecule has 0 bridgehead atoms. The van der Waals surface area contributed by atoms with Gasteiger partial charge >= 0.3 is 0 Å². The van der Waals surface area contributed by atoms with Crippen LogP contribution in [0.2, 0.25) is 36.3 Å². The molecule has 300 valence electrons. The van der Waals surface area contributed by atoms with Crippen LogP contribution < -0.4 is 9.47 Å². The quantitative estimate of drug-likeness (QED) is 0.225. The Hall–Kier alpha value is -2.23. The van der Waals surface area contributed by atoms with Crippen LogP contribution in [0.4, 0.5) is 0 Å². The Kier molecular flexibility index (Phi) is 9.85. The van der Waals surface area contributed by atoms with Crippen LogP contribution in [0, 0.1) is 34.5 Å². The van der Waals surface area contributed by atoms with E-state index in [1.807, 2.05) is 0 Å². The first kappa shape index (κ1) is 39.6. The van der Waals surface area contributed by atoms with Gasteiger partial charge in [-0.2, -0.15) is 0 Å². The number of Topliss-reactive ketones (excluding diaryl/α,β-unsaturated/α-hetero) is 2. The predicted molar refractivity (Wildman–Crippen MR) is 227 cm³/mol. The Morgan fingerprint density at radius 3 is 1.40 bits per heavy atom. The van der Waals surface area contributed by atoms with E-state index in [2.05, 4.69) is 104 Å². The van der Waals surface area contributed by atoms with Crippen molar-refractivity contribution in [3.05, 3.63) is 58.7 Å². The fourth-order valence-corrected chi connectivity index (χ4v) is 20.8. The summed E-state index contributed by atoms with van der Waals surface area (Å²) in [4.78, 5) is 25.6. The molecule has 0 saturated heterocycles. The summed E-state index contributed by atoms with van der Waals surface area (Å²) in [7, 11) is -4.48. The first-order valence-electron chi connectivity index (χ1n) is 22.0. The third-order valence-corrected chi connectivity index (χ3v) is 28.7. The van der Waals surface area contributed by atoms with Crippen LogP contribution >= 0.6 is 0 Å². The van der Waals surface area contributed by atoms with E-state index >= 15 is 0 Å². The van der Waals surface area contributed by atoms with Crippen molar-refractivity contribution in [3.8, 4) is 11.5 Å². The molecule has 6 aliphatic rings. The zero-order chi connectivity index (χ0) is 39.3. The van der Waals surface area contributed by atoms with Crippen LogP contribution in [0.15, 0.2) is 36.4 Å². The molecule has 55 heavy (non-hydrogen) atoms. The Balaban J connectivity index is 0.875. The summed E-state index contributed by atoms with van der Waals surface area (Å²) in [5.41, 5.74) is 5.80. The number of ether oxygens (including phenoxy) is 2. The lowest BCUT2D eigenvalue weighted by Gasteiger charge is -2.49. The molecule has 7 heteroatoms. The number of carbonyl (C=O) groups excluding carboxylic acids is 2. The first-order chi connectivity index (χ1) is 25.8. The highest BCUT2D eigenvalue weighted by Gasteiger charge is 2.56. The number of carbonyl (C=O) groups is 2. The SMILES string of the molecule is CC(C)(COc1ccc2c(c1)CCC1C2CC[C@]2(C)C(=O)CCC12)[Si](C)(C)O[Si](C)(C)C(C)(C)COc1ccc2c(c1)CCC1C2CC[C@]2(C)C(=O)CCC12. The number of ketones is 2. The molecular weight excluding hydrogens is 713 g/mol.